The van der Waals surface area contributed by atoms with Gasteiger partial charge in [-0.1, -0.05) is 90.0 Å². The van der Waals surface area contributed by atoms with Gasteiger partial charge in [-0.3, -0.25) is 4.57 Å². The first-order valence-electron chi connectivity index (χ1n) is 8.79. The molecule has 0 heterocycles. The van der Waals surface area contributed by atoms with Gasteiger partial charge in [0.05, 0.1) is 0 Å². The summed E-state index contributed by atoms with van der Waals surface area (Å²) in [7, 11) is -3.93. The van der Waals surface area contributed by atoms with Crippen LogP contribution in [-0.2, 0) is 4.57 Å². The second kappa shape index (κ2) is 14.8. The van der Waals surface area contributed by atoms with Gasteiger partial charge in [0.1, 0.15) is 0 Å². The van der Waals surface area contributed by atoms with E-state index < -0.39 is 7.60 Å². The number of hydrogen-bond acceptors (Lipinski definition) is 1. The Morgan fingerprint density at radius 2 is 1.10 bits per heavy atom. The fraction of sp³-hybridized carbons (Fsp3) is 0.882. The van der Waals surface area contributed by atoms with Gasteiger partial charge >= 0.3 is 7.60 Å². The van der Waals surface area contributed by atoms with Crippen molar-refractivity contribution in [3.05, 3.63) is 11.9 Å². The Kier molecular flexibility index (Phi) is 14.7. The summed E-state index contributed by atoms with van der Waals surface area (Å²) in [4.78, 5) is 17.3. The van der Waals surface area contributed by atoms with Gasteiger partial charge in [-0.25, -0.2) is 0 Å². The molecule has 0 saturated carbocycles. The first-order valence-corrected chi connectivity index (χ1v) is 10.5. The first kappa shape index (κ1) is 20.9. The molecule has 0 aromatic heterocycles. The topological polar surface area (TPSA) is 57.5 Å². The van der Waals surface area contributed by atoms with Gasteiger partial charge in [-0.15, -0.1) is 0 Å². The van der Waals surface area contributed by atoms with Crippen LogP contribution in [0.3, 0.4) is 0 Å². The quantitative estimate of drug-likeness (QED) is 0.281. The van der Waals surface area contributed by atoms with Crippen LogP contribution in [0.5, 0.6) is 0 Å². The number of hydrogen-bond donors (Lipinski definition) is 2. The van der Waals surface area contributed by atoms with Crippen molar-refractivity contribution in [2.24, 2.45) is 0 Å². The Hall–Kier alpha value is -0.110. The highest BCUT2D eigenvalue weighted by atomic mass is 31.2. The van der Waals surface area contributed by atoms with Crippen molar-refractivity contribution in [3.8, 4) is 0 Å². The molecule has 0 aliphatic carbocycles. The molecule has 0 unspecified atom stereocenters. The smallest absolute Gasteiger partial charge is 0.321 e. The first-order chi connectivity index (χ1) is 10.1. The lowest BCUT2D eigenvalue weighted by Crippen LogP contribution is -1.82. The van der Waals surface area contributed by atoms with E-state index in [1.807, 2.05) is 0 Å². The Morgan fingerprint density at radius 1 is 0.714 bits per heavy atom. The Labute approximate surface area is 131 Å². The van der Waals surface area contributed by atoms with Gasteiger partial charge in [0.25, 0.3) is 0 Å². The third kappa shape index (κ3) is 19.9. The van der Waals surface area contributed by atoms with Crippen LogP contribution < -0.4 is 0 Å². The Bertz CT molecular complexity index is 284. The summed E-state index contributed by atoms with van der Waals surface area (Å²) in [6.45, 7) is 2.26. The second-order valence-corrected chi connectivity index (χ2v) is 7.48. The monoisotopic (exact) mass is 318 g/mol. The Morgan fingerprint density at radius 3 is 1.48 bits per heavy atom. The molecule has 0 saturated heterocycles. The molecule has 4 heteroatoms. The molecule has 0 aliphatic heterocycles. The summed E-state index contributed by atoms with van der Waals surface area (Å²) in [6, 6.07) is 0. The van der Waals surface area contributed by atoms with Gasteiger partial charge < -0.3 is 9.79 Å². The molecular formula is C17H35O3P. The van der Waals surface area contributed by atoms with Crippen LogP contribution in [0.15, 0.2) is 11.9 Å². The third-order valence-electron chi connectivity index (χ3n) is 3.77. The van der Waals surface area contributed by atoms with Crippen LogP contribution in [0.25, 0.3) is 0 Å². The van der Waals surface area contributed by atoms with Gasteiger partial charge in [-0.2, -0.15) is 0 Å². The van der Waals surface area contributed by atoms with Gasteiger partial charge in [0.15, 0.2) is 0 Å². The van der Waals surface area contributed by atoms with E-state index in [1.54, 1.807) is 6.08 Å². The van der Waals surface area contributed by atoms with Crippen molar-refractivity contribution in [3.63, 3.8) is 0 Å². The predicted octanol–water partition coefficient (Wildman–Crippen LogP) is 6.16. The average molecular weight is 318 g/mol. The number of unbranched alkanes of at least 4 members (excludes halogenated alkanes) is 13. The molecule has 0 aromatic rings. The minimum Gasteiger partial charge on any atom is -0.321 e. The largest absolute Gasteiger partial charge is 0.348 e. The summed E-state index contributed by atoms with van der Waals surface area (Å²) in [5.41, 5.74) is 0. The van der Waals surface area contributed by atoms with Crippen LogP contribution in [0, 0.1) is 0 Å². The summed E-state index contributed by atoms with van der Waals surface area (Å²) < 4.78 is 10.6. The molecular weight excluding hydrogens is 283 g/mol. The van der Waals surface area contributed by atoms with Crippen molar-refractivity contribution < 1.29 is 14.4 Å². The molecule has 3 nitrogen and oxygen atoms in total. The maximum atomic E-state index is 10.6. The van der Waals surface area contributed by atoms with E-state index in [9.17, 15) is 4.57 Å². The lowest BCUT2D eigenvalue weighted by atomic mass is 10.0. The van der Waals surface area contributed by atoms with E-state index in [0.717, 1.165) is 18.7 Å². The molecule has 0 amide bonds. The van der Waals surface area contributed by atoms with Gasteiger partial charge in [-0.05, 0) is 12.8 Å². The molecule has 126 valence electrons. The molecule has 0 rings (SSSR count). The standard InChI is InChI=1S/C17H35O3P/c1-2-3-4-5-6-7-8-9-10-11-12-13-14-15-16-17-21(18,19)20/h16-17H,2-15H2,1H3,(H2,18,19,20). The van der Waals surface area contributed by atoms with Crippen LogP contribution in [0.4, 0.5) is 0 Å². The molecule has 0 bridgehead atoms. The normalized spacial score (nSPS) is 12.3. The average Bonchev–Trinajstić information content (AvgIpc) is 2.42. The van der Waals surface area contributed by atoms with E-state index in [2.05, 4.69) is 6.92 Å². The van der Waals surface area contributed by atoms with Crippen molar-refractivity contribution >= 4 is 7.60 Å². The third-order valence-corrected chi connectivity index (χ3v) is 4.37. The zero-order valence-electron chi connectivity index (χ0n) is 13.8. The van der Waals surface area contributed by atoms with Crippen molar-refractivity contribution in [1.29, 1.82) is 0 Å². The molecule has 0 aliphatic rings. The SMILES string of the molecule is CCCCCCCCCCCCCCCC=CP(=O)(O)O. The van der Waals surface area contributed by atoms with Crippen molar-refractivity contribution in [2.75, 3.05) is 0 Å². The van der Waals surface area contributed by atoms with Crippen molar-refractivity contribution in [2.45, 2.75) is 96.8 Å². The van der Waals surface area contributed by atoms with E-state index in [4.69, 9.17) is 9.79 Å². The number of allylic oxidation sites excluding steroid dienone is 1. The van der Waals surface area contributed by atoms with Crippen LogP contribution in [-0.4, -0.2) is 9.79 Å². The predicted molar refractivity (Wildman–Crippen MR) is 91.5 cm³/mol. The van der Waals surface area contributed by atoms with Crippen LogP contribution >= 0.6 is 7.60 Å². The van der Waals surface area contributed by atoms with Crippen LogP contribution in [0.2, 0.25) is 0 Å². The van der Waals surface area contributed by atoms with Gasteiger partial charge in [0.2, 0.25) is 0 Å². The molecule has 0 fully saturated rings. The van der Waals surface area contributed by atoms with Crippen LogP contribution in [0.1, 0.15) is 96.8 Å². The van der Waals surface area contributed by atoms with E-state index in [-0.39, 0.29) is 0 Å². The minimum atomic E-state index is -3.93. The molecule has 0 aromatic carbocycles. The maximum absolute atomic E-state index is 10.6. The molecule has 0 atom stereocenters. The fourth-order valence-electron chi connectivity index (χ4n) is 2.49. The fourth-order valence-corrected chi connectivity index (χ4v) is 2.92. The molecule has 21 heavy (non-hydrogen) atoms. The highest BCUT2D eigenvalue weighted by Crippen LogP contribution is 2.36. The second-order valence-electron chi connectivity index (χ2n) is 6.01. The summed E-state index contributed by atoms with van der Waals surface area (Å²) >= 11 is 0. The highest BCUT2D eigenvalue weighted by molar-refractivity contribution is 7.55. The maximum Gasteiger partial charge on any atom is 0.348 e. The molecule has 2 N–H and O–H groups in total. The highest BCUT2D eigenvalue weighted by Gasteiger charge is 2.04. The zero-order valence-corrected chi connectivity index (χ0v) is 14.7. The zero-order chi connectivity index (χ0) is 15.8. The summed E-state index contributed by atoms with van der Waals surface area (Å²) in [6.07, 6.45) is 19.6. The van der Waals surface area contributed by atoms with E-state index in [0.29, 0.717) is 0 Å². The van der Waals surface area contributed by atoms with Crippen molar-refractivity contribution in [1.82, 2.24) is 0 Å². The lowest BCUT2D eigenvalue weighted by Gasteiger charge is -2.02. The molecule has 0 spiro atoms. The lowest BCUT2D eigenvalue weighted by molar-refractivity contribution is 0.386. The van der Waals surface area contributed by atoms with E-state index in [1.165, 1.54) is 77.0 Å². The van der Waals surface area contributed by atoms with Gasteiger partial charge in [0, 0.05) is 5.82 Å². The minimum absolute atomic E-state index is 0.781. The van der Waals surface area contributed by atoms with E-state index >= 15 is 0 Å². The number of rotatable bonds is 15. The molecule has 0 radical (unpaired) electrons. The summed E-state index contributed by atoms with van der Waals surface area (Å²) in [5.74, 6) is 1.02. The summed E-state index contributed by atoms with van der Waals surface area (Å²) in [5, 5.41) is 0. The Balaban J connectivity index is 3.09.